The highest BCUT2D eigenvalue weighted by atomic mass is 16.5. The lowest BCUT2D eigenvalue weighted by atomic mass is 9.55. The monoisotopic (exact) mass is 253 g/mol. The molecule has 3 heteroatoms. The molecule has 0 bridgehead atoms. The van der Waals surface area contributed by atoms with E-state index in [9.17, 15) is 0 Å². The van der Waals surface area contributed by atoms with Gasteiger partial charge in [-0.15, -0.1) is 0 Å². The van der Waals surface area contributed by atoms with Crippen molar-refractivity contribution < 1.29 is 9.47 Å². The Morgan fingerprint density at radius 2 is 1.89 bits per heavy atom. The third-order valence-corrected chi connectivity index (χ3v) is 5.17. The van der Waals surface area contributed by atoms with Gasteiger partial charge in [-0.3, -0.25) is 0 Å². The second kappa shape index (κ2) is 5.10. The molecule has 0 amide bonds. The van der Waals surface area contributed by atoms with E-state index in [4.69, 9.17) is 9.47 Å². The fraction of sp³-hybridized carbons (Fsp3) is 1.00. The summed E-state index contributed by atoms with van der Waals surface area (Å²) >= 11 is 0. The molecule has 2 heterocycles. The molecule has 104 valence electrons. The van der Waals surface area contributed by atoms with Crippen LogP contribution in [0.3, 0.4) is 0 Å². The number of fused-ring (bicyclic) bond motifs is 1. The first kappa shape index (κ1) is 12.9. The largest absolute Gasteiger partial charge is 0.377 e. The molecule has 3 rings (SSSR count). The number of hydrogen-bond donors (Lipinski definition) is 1. The van der Waals surface area contributed by atoms with E-state index in [2.05, 4.69) is 19.2 Å². The van der Waals surface area contributed by atoms with Crippen LogP contribution in [-0.2, 0) is 9.47 Å². The lowest BCUT2D eigenvalue weighted by Crippen LogP contribution is -2.69. The maximum atomic E-state index is 5.94. The summed E-state index contributed by atoms with van der Waals surface area (Å²) in [5, 5.41) is 3.77. The van der Waals surface area contributed by atoms with E-state index in [0.717, 1.165) is 25.7 Å². The van der Waals surface area contributed by atoms with Gasteiger partial charge in [0.05, 0.1) is 12.2 Å². The molecule has 3 fully saturated rings. The molecular weight excluding hydrogens is 226 g/mol. The summed E-state index contributed by atoms with van der Waals surface area (Å²) in [6, 6.07) is 0.619. The lowest BCUT2D eigenvalue weighted by Gasteiger charge is -2.60. The van der Waals surface area contributed by atoms with Crippen LogP contribution in [0.2, 0.25) is 0 Å². The van der Waals surface area contributed by atoms with Crippen LogP contribution in [0.4, 0.5) is 0 Å². The Morgan fingerprint density at radius 3 is 2.67 bits per heavy atom. The number of rotatable bonds is 3. The van der Waals surface area contributed by atoms with Gasteiger partial charge in [0, 0.05) is 37.1 Å². The predicted molar refractivity (Wildman–Crippen MR) is 71.6 cm³/mol. The van der Waals surface area contributed by atoms with Crippen molar-refractivity contribution in [3.63, 3.8) is 0 Å². The molecule has 2 saturated heterocycles. The van der Waals surface area contributed by atoms with E-state index in [1.165, 1.54) is 32.1 Å². The highest BCUT2D eigenvalue weighted by molar-refractivity contribution is 5.10. The maximum absolute atomic E-state index is 5.94. The molecule has 4 unspecified atom stereocenters. The molecule has 2 aliphatic heterocycles. The SMILES string of the molecule is CC1(C)C(NCC2CCCCO2)C2CCCOC21. The van der Waals surface area contributed by atoms with Crippen molar-refractivity contribution in [2.24, 2.45) is 11.3 Å². The number of hydrogen-bond acceptors (Lipinski definition) is 3. The zero-order valence-electron chi connectivity index (χ0n) is 11.8. The fourth-order valence-corrected chi connectivity index (χ4v) is 4.16. The highest BCUT2D eigenvalue weighted by Gasteiger charge is 2.57. The highest BCUT2D eigenvalue weighted by Crippen LogP contribution is 2.51. The molecule has 4 atom stereocenters. The Labute approximate surface area is 111 Å². The lowest BCUT2D eigenvalue weighted by molar-refractivity contribution is -0.194. The average Bonchev–Trinajstić information content (AvgIpc) is 2.40. The molecule has 0 spiro atoms. The van der Waals surface area contributed by atoms with Crippen molar-refractivity contribution in [1.82, 2.24) is 5.32 Å². The van der Waals surface area contributed by atoms with Gasteiger partial charge in [-0.25, -0.2) is 0 Å². The average molecular weight is 253 g/mol. The van der Waals surface area contributed by atoms with Crippen LogP contribution in [-0.4, -0.2) is 38.0 Å². The fourth-order valence-electron chi connectivity index (χ4n) is 4.16. The van der Waals surface area contributed by atoms with Gasteiger partial charge in [-0.05, 0) is 32.1 Å². The first-order valence-corrected chi connectivity index (χ1v) is 7.66. The van der Waals surface area contributed by atoms with E-state index in [-0.39, 0.29) is 0 Å². The molecule has 0 aromatic heterocycles. The normalized spacial score (nSPS) is 43.0. The van der Waals surface area contributed by atoms with Gasteiger partial charge in [0.1, 0.15) is 0 Å². The Balaban J connectivity index is 1.52. The van der Waals surface area contributed by atoms with Crippen LogP contribution in [0.5, 0.6) is 0 Å². The van der Waals surface area contributed by atoms with E-state index in [0.29, 0.717) is 23.7 Å². The zero-order chi connectivity index (χ0) is 12.6. The molecule has 1 N–H and O–H groups in total. The predicted octanol–water partition coefficient (Wildman–Crippen LogP) is 2.35. The van der Waals surface area contributed by atoms with Gasteiger partial charge >= 0.3 is 0 Å². The standard InChI is InChI=1S/C15H27NO2/c1-15(2)13(12-7-5-9-18-14(12)15)16-10-11-6-3-4-8-17-11/h11-14,16H,3-10H2,1-2H3. The van der Waals surface area contributed by atoms with Gasteiger partial charge in [0.25, 0.3) is 0 Å². The molecule has 0 aromatic carbocycles. The maximum Gasteiger partial charge on any atom is 0.0699 e. The van der Waals surface area contributed by atoms with Crippen LogP contribution in [0.25, 0.3) is 0 Å². The second-order valence-corrected chi connectivity index (χ2v) is 6.79. The van der Waals surface area contributed by atoms with Crippen LogP contribution in [0.1, 0.15) is 46.0 Å². The minimum Gasteiger partial charge on any atom is -0.377 e. The molecule has 1 aliphatic carbocycles. The van der Waals surface area contributed by atoms with Crippen LogP contribution in [0.15, 0.2) is 0 Å². The van der Waals surface area contributed by atoms with Crippen LogP contribution >= 0.6 is 0 Å². The van der Waals surface area contributed by atoms with E-state index in [1.807, 2.05) is 0 Å². The van der Waals surface area contributed by atoms with Crippen molar-refractivity contribution in [2.75, 3.05) is 19.8 Å². The third-order valence-electron chi connectivity index (χ3n) is 5.17. The van der Waals surface area contributed by atoms with Gasteiger partial charge in [0.2, 0.25) is 0 Å². The summed E-state index contributed by atoms with van der Waals surface area (Å²) in [5.74, 6) is 0.734. The van der Waals surface area contributed by atoms with Crippen molar-refractivity contribution in [2.45, 2.75) is 64.2 Å². The summed E-state index contributed by atoms with van der Waals surface area (Å²) in [6.07, 6.45) is 7.28. The first-order valence-electron chi connectivity index (χ1n) is 7.66. The second-order valence-electron chi connectivity index (χ2n) is 6.79. The third kappa shape index (κ3) is 2.21. The van der Waals surface area contributed by atoms with Crippen molar-refractivity contribution in [3.05, 3.63) is 0 Å². The first-order chi connectivity index (χ1) is 8.69. The Morgan fingerprint density at radius 1 is 1.06 bits per heavy atom. The quantitative estimate of drug-likeness (QED) is 0.837. The molecule has 0 radical (unpaired) electrons. The van der Waals surface area contributed by atoms with Crippen LogP contribution in [0, 0.1) is 11.3 Å². The summed E-state index contributed by atoms with van der Waals surface area (Å²) in [5.41, 5.74) is 0.291. The van der Waals surface area contributed by atoms with E-state index < -0.39 is 0 Å². The number of ether oxygens (including phenoxy) is 2. The van der Waals surface area contributed by atoms with Crippen molar-refractivity contribution in [3.8, 4) is 0 Å². The van der Waals surface area contributed by atoms with Crippen molar-refractivity contribution in [1.29, 1.82) is 0 Å². The minimum absolute atomic E-state index is 0.291. The molecule has 0 aromatic rings. The minimum atomic E-state index is 0.291. The molecule has 18 heavy (non-hydrogen) atoms. The van der Waals surface area contributed by atoms with E-state index in [1.54, 1.807) is 0 Å². The van der Waals surface area contributed by atoms with Gasteiger partial charge < -0.3 is 14.8 Å². The van der Waals surface area contributed by atoms with Crippen LogP contribution < -0.4 is 5.32 Å². The molecule has 1 saturated carbocycles. The summed E-state index contributed by atoms with van der Waals surface area (Å²) in [7, 11) is 0. The molecule has 3 nitrogen and oxygen atoms in total. The summed E-state index contributed by atoms with van der Waals surface area (Å²) < 4.78 is 11.8. The van der Waals surface area contributed by atoms with Gasteiger partial charge in [-0.2, -0.15) is 0 Å². The van der Waals surface area contributed by atoms with Gasteiger partial charge in [0.15, 0.2) is 0 Å². The topological polar surface area (TPSA) is 30.5 Å². The Bertz CT molecular complexity index is 286. The summed E-state index contributed by atoms with van der Waals surface area (Å²) in [4.78, 5) is 0. The van der Waals surface area contributed by atoms with Gasteiger partial charge in [-0.1, -0.05) is 13.8 Å². The number of nitrogens with one attached hydrogen (secondary N) is 1. The Kier molecular flexibility index (Phi) is 3.65. The van der Waals surface area contributed by atoms with Crippen molar-refractivity contribution >= 4 is 0 Å². The summed E-state index contributed by atoms with van der Waals surface area (Å²) in [6.45, 7) is 7.63. The zero-order valence-corrected chi connectivity index (χ0v) is 11.8. The Hall–Kier alpha value is -0.120. The molecule has 3 aliphatic rings. The van der Waals surface area contributed by atoms with E-state index >= 15 is 0 Å². The smallest absolute Gasteiger partial charge is 0.0699 e. The molecular formula is C15H27NO2.